The lowest BCUT2D eigenvalue weighted by molar-refractivity contribution is -0.127. The Morgan fingerprint density at radius 2 is 1.76 bits per heavy atom. The number of carbonyl (C=O) groups excluding carboxylic acids is 3. The lowest BCUT2D eigenvalue weighted by Crippen LogP contribution is -2.38. The van der Waals surface area contributed by atoms with Gasteiger partial charge in [0.1, 0.15) is 18.8 Å². The molecule has 0 radical (unpaired) electrons. The number of benzene rings is 3. The zero-order valence-electron chi connectivity index (χ0n) is 20.4. The molecule has 4 amide bonds. The second kappa shape index (κ2) is 11.6. The Morgan fingerprint density at radius 1 is 1.03 bits per heavy atom. The van der Waals surface area contributed by atoms with Gasteiger partial charge < -0.3 is 20.1 Å². The maximum atomic E-state index is 12.9. The zero-order valence-corrected chi connectivity index (χ0v) is 21.2. The number of aryl methyl sites for hydroxylation is 1. The summed E-state index contributed by atoms with van der Waals surface area (Å²) < 4.78 is 11.3. The van der Waals surface area contributed by atoms with Crippen LogP contribution in [0.2, 0.25) is 5.02 Å². The standard InChI is InChI=1S/C28H26ClN3O5/c1-3-19-8-5-7-11-22(19)30-26(33)16-32-27(34)23(31-28(32)35)14-18-12-13-24(25(15-18)36-2)37-17-20-9-4-6-10-21(20)29/h4-15H,3,16-17H2,1-2H3,(H,30,33)(H,31,35)/b23-14+. The molecule has 0 spiro atoms. The van der Waals surface area contributed by atoms with Gasteiger partial charge in [-0.25, -0.2) is 9.69 Å². The van der Waals surface area contributed by atoms with Gasteiger partial charge in [0.05, 0.1) is 7.11 Å². The van der Waals surface area contributed by atoms with E-state index in [-0.39, 0.29) is 12.3 Å². The number of hydrogen-bond acceptors (Lipinski definition) is 5. The third-order valence-electron chi connectivity index (χ3n) is 5.78. The first kappa shape index (κ1) is 25.8. The Kier molecular flexibility index (Phi) is 8.10. The highest BCUT2D eigenvalue weighted by atomic mass is 35.5. The molecule has 37 heavy (non-hydrogen) atoms. The van der Waals surface area contributed by atoms with E-state index < -0.39 is 24.4 Å². The summed E-state index contributed by atoms with van der Waals surface area (Å²) in [6.45, 7) is 1.83. The van der Waals surface area contributed by atoms with E-state index in [9.17, 15) is 14.4 Å². The highest BCUT2D eigenvalue weighted by molar-refractivity contribution is 6.31. The van der Waals surface area contributed by atoms with Crippen LogP contribution in [0.3, 0.4) is 0 Å². The number of halogens is 1. The van der Waals surface area contributed by atoms with E-state index >= 15 is 0 Å². The molecule has 190 valence electrons. The summed E-state index contributed by atoms with van der Waals surface area (Å²) >= 11 is 6.19. The molecule has 1 aliphatic rings. The Balaban J connectivity index is 1.44. The Bertz CT molecular complexity index is 1370. The minimum absolute atomic E-state index is 0.0542. The van der Waals surface area contributed by atoms with E-state index in [1.807, 2.05) is 43.3 Å². The van der Waals surface area contributed by atoms with Crippen LogP contribution >= 0.6 is 11.6 Å². The molecule has 0 atom stereocenters. The van der Waals surface area contributed by atoms with Gasteiger partial charge >= 0.3 is 6.03 Å². The van der Waals surface area contributed by atoms with Crippen molar-refractivity contribution in [2.45, 2.75) is 20.0 Å². The van der Waals surface area contributed by atoms with E-state index in [0.29, 0.717) is 27.8 Å². The van der Waals surface area contributed by atoms with Crippen LogP contribution in [0, 0.1) is 0 Å². The monoisotopic (exact) mass is 519 g/mol. The van der Waals surface area contributed by atoms with Crippen LogP contribution in [0.4, 0.5) is 10.5 Å². The number of methoxy groups -OCH3 is 1. The van der Waals surface area contributed by atoms with E-state index in [2.05, 4.69) is 10.6 Å². The van der Waals surface area contributed by atoms with Crippen molar-refractivity contribution in [2.75, 3.05) is 19.0 Å². The number of nitrogens with one attached hydrogen (secondary N) is 2. The molecule has 8 nitrogen and oxygen atoms in total. The largest absolute Gasteiger partial charge is 0.493 e. The molecular weight excluding hydrogens is 494 g/mol. The van der Waals surface area contributed by atoms with Gasteiger partial charge in [-0.3, -0.25) is 9.59 Å². The quantitative estimate of drug-likeness (QED) is 0.305. The highest BCUT2D eigenvalue weighted by Gasteiger charge is 2.35. The fourth-order valence-electron chi connectivity index (χ4n) is 3.83. The Labute approximate surface area is 219 Å². The maximum Gasteiger partial charge on any atom is 0.329 e. The molecule has 0 aromatic heterocycles. The van der Waals surface area contributed by atoms with Crippen LogP contribution in [0.1, 0.15) is 23.6 Å². The van der Waals surface area contributed by atoms with Gasteiger partial charge in [0, 0.05) is 16.3 Å². The van der Waals surface area contributed by atoms with Gasteiger partial charge in [-0.15, -0.1) is 0 Å². The number of ether oxygens (including phenoxy) is 2. The average molecular weight is 520 g/mol. The second-order valence-corrected chi connectivity index (χ2v) is 8.64. The van der Waals surface area contributed by atoms with Gasteiger partial charge in [-0.05, 0) is 47.9 Å². The van der Waals surface area contributed by atoms with Crippen LogP contribution < -0.4 is 20.1 Å². The fraction of sp³-hybridized carbons (Fsp3) is 0.179. The molecule has 4 rings (SSSR count). The summed E-state index contributed by atoms with van der Waals surface area (Å²) in [5.74, 6) is -0.115. The Morgan fingerprint density at radius 3 is 2.49 bits per heavy atom. The molecule has 1 aliphatic heterocycles. The predicted octanol–water partition coefficient (Wildman–Crippen LogP) is 5.02. The molecule has 0 unspecified atom stereocenters. The summed E-state index contributed by atoms with van der Waals surface area (Å²) in [7, 11) is 1.51. The zero-order chi connectivity index (χ0) is 26.4. The molecule has 0 aliphatic carbocycles. The minimum atomic E-state index is -0.665. The molecule has 1 heterocycles. The van der Waals surface area contributed by atoms with Crippen molar-refractivity contribution in [3.63, 3.8) is 0 Å². The predicted molar refractivity (Wildman–Crippen MR) is 141 cm³/mol. The summed E-state index contributed by atoms with van der Waals surface area (Å²) in [5, 5.41) is 5.91. The number of hydrogen-bond donors (Lipinski definition) is 2. The van der Waals surface area contributed by atoms with Crippen LogP contribution in [0.15, 0.2) is 72.4 Å². The van der Waals surface area contributed by atoms with E-state index in [4.69, 9.17) is 21.1 Å². The highest BCUT2D eigenvalue weighted by Crippen LogP contribution is 2.30. The summed E-state index contributed by atoms with van der Waals surface area (Å²) in [6, 6.07) is 19.2. The molecule has 3 aromatic carbocycles. The maximum absolute atomic E-state index is 12.9. The van der Waals surface area contributed by atoms with Gasteiger partial charge in [0.25, 0.3) is 5.91 Å². The molecule has 1 fully saturated rings. The number of amides is 4. The topological polar surface area (TPSA) is 97.0 Å². The van der Waals surface area contributed by atoms with Crippen molar-refractivity contribution in [1.82, 2.24) is 10.2 Å². The van der Waals surface area contributed by atoms with Gasteiger partial charge in [-0.2, -0.15) is 0 Å². The third kappa shape index (κ3) is 6.10. The molecule has 9 heteroatoms. The molecule has 1 saturated heterocycles. The summed E-state index contributed by atoms with van der Waals surface area (Å²) in [5.41, 5.74) is 3.11. The summed E-state index contributed by atoms with van der Waals surface area (Å²) in [6.07, 6.45) is 2.25. The van der Waals surface area contributed by atoms with E-state index in [1.165, 1.54) is 13.2 Å². The number of para-hydroxylation sites is 1. The van der Waals surface area contributed by atoms with Crippen LogP contribution in [0.25, 0.3) is 6.08 Å². The first-order chi connectivity index (χ1) is 17.9. The Hall–Kier alpha value is -4.30. The number of nitrogens with zero attached hydrogens (tertiary/aromatic N) is 1. The molecule has 2 N–H and O–H groups in total. The van der Waals surface area contributed by atoms with Gasteiger partial charge in [-0.1, -0.05) is 61.0 Å². The third-order valence-corrected chi connectivity index (χ3v) is 6.14. The molecule has 3 aromatic rings. The van der Waals surface area contributed by atoms with Gasteiger partial charge in [0.15, 0.2) is 11.5 Å². The van der Waals surface area contributed by atoms with Crippen molar-refractivity contribution in [1.29, 1.82) is 0 Å². The van der Waals surface area contributed by atoms with Gasteiger partial charge in [0.2, 0.25) is 5.91 Å². The van der Waals surface area contributed by atoms with Crippen molar-refractivity contribution in [3.05, 3.63) is 94.1 Å². The number of carbonyl (C=O) groups is 3. The van der Waals surface area contributed by atoms with Crippen molar-refractivity contribution in [3.8, 4) is 11.5 Å². The molecule has 0 saturated carbocycles. The fourth-order valence-corrected chi connectivity index (χ4v) is 4.02. The number of rotatable bonds is 9. The SMILES string of the molecule is CCc1ccccc1NC(=O)CN1C(=O)N/C(=C/c2ccc(OCc3ccccc3Cl)c(OC)c2)C1=O. The normalized spacial score (nSPS) is 14.0. The first-order valence-corrected chi connectivity index (χ1v) is 12.0. The van der Waals surface area contributed by atoms with Crippen molar-refractivity contribution < 1.29 is 23.9 Å². The second-order valence-electron chi connectivity index (χ2n) is 8.23. The number of imide groups is 1. The van der Waals surface area contributed by atoms with Crippen molar-refractivity contribution >= 4 is 41.2 Å². The van der Waals surface area contributed by atoms with Crippen LogP contribution in [-0.4, -0.2) is 36.4 Å². The van der Waals surface area contributed by atoms with E-state index in [0.717, 1.165) is 22.4 Å². The number of urea groups is 1. The van der Waals surface area contributed by atoms with Crippen molar-refractivity contribution in [2.24, 2.45) is 0 Å². The first-order valence-electron chi connectivity index (χ1n) is 11.7. The van der Waals surface area contributed by atoms with Crippen LogP contribution in [0.5, 0.6) is 11.5 Å². The smallest absolute Gasteiger partial charge is 0.329 e. The minimum Gasteiger partial charge on any atom is -0.493 e. The van der Waals surface area contributed by atoms with Crippen LogP contribution in [-0.2, 0) is 22.6 Å². The molecule has 0 bridgehead atoms. The average Bonchev–Trinajstić information content (AvgIpc) is 3.16. The molecular formula is C28H26ClN3O5. The lowest BCUT2D eigenvalue weighted by Gasteiger charge is -2.13. The van der Waals surface area contributed by atoms with E-state index in [1.54, 1.807) is 30.3 Å². The number of anilines is 1. The lowest BCUT2D eigenvalue weighted by atomic mass is 10.1. The summed E-state index contributed by atoms with van der Waals surface area (Å²) in [4.78, 5) is 38.7.